The zero-order chi connectivity index (χ0) is 20.4. The molecule has 148 valence electrons. The van der Waals surface area contributed by atoms with Gasteiger partial charge in [0.25, 0.3) is 0 Å². The average Bonchev–Trinajstić information content (AvgIpc) is 2.53. The summed E-state index contributed by atoms with van der Waals surface area (Å²) < 4.78 is 63.3. The molecule has 0 unspecified atom stereocenters. The molecule has 1 aliphatic rings. The van der Waals surface area contributed by atoms with E-state index in [1.54, 1.807) is 6.92 Å². The topological polar surface area (TPSA) is 85.3 Å². The van der Waals surface area contributed by atoms with E-state index in [-0.39, 0.29) is 36.1 Å². The lowest BCUT2D eigenvalue weighted by Gasteiger charge is -2.20. The van der Waals surface area contributed by atoms with E-state index >= 15 is 0 Å². The van der Waals surface area contributed by atoms with Crippen LogP contribution in [-0.2, 0) is 31.4 Å². The van der Waals surface area contributed by atoms with Crippen LogP contribution in [0.1, 0.15) is 54.1 Å². The van der Waals surface area contributed by atoms with Gasteiger partial charge in [0.2, 0.25) is 0 Å². The van der Waals surface area contributed by atoms with Gasteiger partial charge in [-0.25, -0.2) is 8.42 Å². The Kier molecular flexibility index (Phi) is 6.24. The highest BCUT2D eigenvalue weighted by Gasteiger charge is 2.38. The zero-order valence-corrected chi connectivity index (χ0v) is 15.5. The highest BCUT2D eigenvalue weighted by Crippen LogP contribution is 2.32. The van der Waals surface area contributed by atoms with Crippen LogP contribution >= 0.6 is 0 Å². The molecule has 0 bridgehead atoms. The Morgan fingerprint density at radius 2 is 1.74 bits per heavy atom. The molecule has 0 radical (unpaired) electrons. The van der Waals surface area contributed by atoms with Gasteiger partial charge in [-0.1, -0.05) is 13.0 Å². The first-order valence-corrected chi connectivity index (χ1v) is 10.3. The number of sulfone groups is 1. The van der Waals surface area contributed by atoms with Crippen molar-refractivity contribution < 1.29 is 36.0 Å². The number of hydrogen-bond donors (Lipinski definition) is 0. The zero-order valence-electron chi connectivity index (χ0n) is 14.6. The Hall–Kier alpha value is -2.03. The van der Waals surface area contributed by atoms with Gasteiger partial charge in [-0.2, -0.15) is 13.2 Å². The summed E-state index contributed by atoms with van der Waals surface area (Å²) in [6.07, 6.45) is -4.06. The van der Waals surface area contributed by atoms with Gasteiger partial charge in [0.15, 0.2) is 27.2 Å². The molecule has 1 aromatic rings. The van der Waals surface area contributed by atoms with Crippen molar-refractivity contribution in [1.29, 1.82) is 0 Å². The van der Waals surface area contributed by atoms with Gasteiger partial charge in [0.1, 0.15) is 5.92 Å². The summed E-state index contributed by atoms with van der Waals surface area (Å²) >= 11 is 0. The van der Waals surface area contributed by atoms with Gasteiger partial charge in [0.05, 0.1) is 17.1 Å². The van der Waals surface area contributed by atoms with Gasteiger partial charge >= 0.3 is 6.18 Å². The lowest BCUT2D eigenvalue weighted by Crippen LogP contribution is -2.36. The summed E-state index contributed by atoms with van der Waals surface area (Å²) in [5.41, 5.74) is -1.76. The van der Waals surface area contributed by atoms with Crippen molar-refractivity contribution in [3.05, 3.63) is 34.9 Å². The van der Waals surface area contributed by atoms with E-state index in [0.29, 0.717) is 18.6 Å². The van der Waals surface area contributed by atoms with Crippen LogP contribution < -0.4 is 0 Å². The fourth-order valence-electron chi connectivity index (χ4n) is 3.10. The van der Waals surface area contributed by atoms with E-state index in [4.69, 9.17) is 0 Å². The number of benzene rings is 1. The quantitative estimate of drug-likeness (QED) is 0.537. The molecule has 0 saturated heterocycles. The summed E-state index contributed by atoms with van der Waals surface area (Å²) in [7, 11) is -3.75. The molecule has 0 atom stereocenters. The summed E-state index contributed by atoms with van der Waals surface area (Å²) in [5.74, 6) is -4.68. The predicted octanol–water partition coefficient (Wildman–Crippen LogP) is 3.15. The molecule has 1 aromatic carbocycles. The van der Waals surface area contributed by atoms with Gasteiger partial charge in [0, 0.05) is 18.4 Å². The van der Waals surface area contributed by atoms with Crippen molar-refractivity contribution in [2.75, 3.05) is 5.75 Å². The van der Waals surface area contributed by atoms with E-state index in [2.05, 4.69) is 0 Å². The number of halogens is 3. The number of alkyl halides is 3. The van der Waals surface area contributed by atoms with E-state index < -0.39 is 50.6 Å². The number of carbonyl (C=O) groups is 3. The first-order valence-electron chi connectivity index (χ1n) is 8.46. The van der Waals surface area contributed by atoms with Gasteiger partial charge < -0.3 is 0 Å². The number of ketones is 3. The highest BCUT2D eigenvalue weighted by molar-refractivity contribution is 7.90. The van der Waals surface area contributed by atoms with Crippen molar-refractivity contribution in [2.45, 2.75) is 44.5 Å². The van der Waals surface area contributed by atoms with Crippen molar-refractivity contribution in [1.82, 2.24) is 0 Å². The molecule has 0 amide bonds. The molecule has 1 aliphatic carbocycles. The minimum absolute atomic E-state index is 0.0340. The van der Waals surface area contributed by atoms with Crippen molar-refractivity contribution in [3.63, 3.8) is 0 Å². The first kappa shape index (κ1) is 21.3. The molecular weight excluding hydrogens is 385 g/mol. The van der Waals surface area contributed by atoms with Crippen LogP contribution in [0.2, 0.25) is 0 Å². The van der Waals surface area contributed by atoms with Crippen LogP contribution in [-0.4, -0.2) is 31.5 Å². The Bertz CT molecular complexity index is 855. The first-order chi connectivity index (χ1) is 12.5. The molecule has 0 aromatic heterocycles. The third kappa shape index (κ3) is 5.03. The van der Waals surface area contributed by atoms with Gasteiger partial charge in [-0.3, -0.25) is 14.4 Å². The predicted molar refractivity (Wildman–Crippen MR) is 90.9 cm³/mol. The fraction of sp³-hybridized carbons (Fsp3) is 0.500. The van der Waals surface area contributed by atoms with E-state index in [1.165, 1.54) is 0 Å². The van der Waals surface area contributed by atoms with Crippen LogP contribution in [0.15, 0.2) is 18.2 Å². The lowest BCUT2D eigenvalue weighted by atomic mass is 9.80. The maximum Gasteiger partial charge on any atom is 0.416 e. The van der Waals surface area contributed by atoms with Gasteiger partial charge in [-0.15, -0.1) is 0 Å². The van der Waals surface area contributed by atoms with Crippen molar-refractivity contribution >= 4 is 27.2 Å². The van der Waals surface area contributed by atoms with Crippen molar-refractivity contribution in [2.24, 2.45) is 5.92 Å². The van der Waals surface area contributed by atoms with Crippen LogP contribution in [0.5, 0.6) is 0 Å². The molecule has 1 saturated carbocycles. The Morgan fingerprint density at radius 1 is 1.15 bits per heavy atom. The van der Waals surface area contributed by atoms with E-state index in [9.17, 15) is 36.0 Å². The summed E-state index contributed by atoms with van der Waals surface area (Å²) in [6.45, 7) is 1.61. The summed E-state index contributed by atoms with van der Waals surface area (Å²) in [4.78, 5) is 36.7. The molecule has 0 heterocycles. The Morgan fingerprint density at radius 3 is 2.26 bits per heavy atom. The molecule has 0 spiro atoms. The molecular formula is C18H19F3O5S. The van der Waals surface area contributed by atoms with E-state index in [1.807, 2.05) is 0 Å². The molecule has 0 N–H and O–H groups in total. The minimum atomic E-state index is -4.72. The van der Waals surface area contributed by atoms with Crippen LogP contribution in [0.4, 0.5) is 13.2 Å². The van der Waals surface area contributed by atoms with E-state index in [0.717, 1.165) is 6.07 Å². The SMILES string of the molecule is CCCS(=O)(=O)Cc1cc(C(F)(F)F)ccc1C(=O)C1C(=O)CCCC1=O. The third-order valence-corrected chi connectivity index (χ3v) is 6.12. The molecule has 1 fully saturated rings. The van der Waals surface area contributed by atoms with Crippen LogP contribution in [0.25, 0.3) is 0 Å². The number of Topliss-reactive ketones (excluding diaryl/α,β-unsaturated/α-hetero) is 3. The molecule has 0 aliphatic heterocycles. The standard InChI is InChI=1S/C18H19F3O5S/c1-2-8-27(25,26)10-11-9-12(18(19,20)21)6-7-13(11)17(24)16-14(22)4-3-5-15(16)23/h6-7,9,16H,2-5,8,10H2,1H3. The maximum absolute atomic E-state index is 13.0. The summed E-state index contributed by atoms with van der Waals surface area (Å²) in [5, 5.41) is 0. The maximum atomic E-state index is 13.0. The minimum Gasteiger partial charge on any atom is -0.298 e. The Labute approximate surface area is 154 Å². The largest absolute Gasteiger partial charge is 0.416 e. The monoisotopic (exact) mass is 404 g/mol. The number of rotatable bonds is 6. The smallest absolute Gasteiger partial charge is 0.298 e. The molecule has 5 nitrogen and oxygen atoms in total. The second kappa shape index (κ2) is 7.92. The average molecular weight is 404 g/mol. The molecule has 9 heteroatoms. The number of carbonyl (C=O) groups excluding carboxylic acids is 3. The molecule has 27 heavy (non-hydrogen) atoms. The second-order valence-corrected chi connectivity index (χ2v) is 8.73. The highest BCUT2D eigenvalue weighted by atomic mass is 32.2. The van der Waals surface area contributed by atoms with Crippen molar-refractivity contribution in [3.8, 4) is 0 Å². The fourth-order valence-corrected chi connectivity index (χ4v) is 4.58. The van der Waals surface area contributed by atoms with Crippen LogP contribution in [0, 0.1) is 5.92 Å². The lowest BCUT2D eigenvalue weighted by molar-refractivity contribution is -0.138. The Balaban J connectivity index is 2.52. The number of hydrogen-bond acceptors (Lipinski definition) is 5. The molecule has 2 rings (SSSR count). The third-order valence-electron chi connectivity index (χ3n) is 4.34. The normalized spacial score (nSPS) is 16.6. The van der Waals surface area contributed by atoms with Gasteiger partial charge in [-0.05, 0) is 30.5 Å². The second-order valence-electron chi connectivity index (χ2n) is 6.55. The van der Waals surface area contributed by atoms with Crippen LogP contribution in [0.3, 0.4) is 0 Å². The summed E-state index contributed by atoms with van der Waals surface area (Å²) in [6, 6.07) is 2.12.